The van der Waals surface area contributed by atoms with Gasteiger partial charge in [-0.2, -0.15) is 5.10 Å². The highest BCUT2D eigenvalue weighted by molar-refractivity contribution is 5.65. The molecule has 0 spiro atoms. The van der Waals surface area contributed by atoms with Crippen LogP contribution in [0.3, 0.4) is 0 Å². The molecule has 3 heteroatoms. The van der Waals surface area contributed by atoms with Crippen molar-refractivity contribution in [1.29, 1.82) is 0 Å². The second kappa shape index (κ2) is 3.77. The average molecular weight is 202 g/mol. The number of phenolic OH excluding ortho intramolecular Hbond substituents is 1. The number of aromatic hydroxyl groups is 1. The minimum Gasteiger partial charge on any atom is -0.508 e. The Hall–Kier alpha value is -1.77. The molecule has 0 aliphatic carbocycles. The van der Waals surface area contributed by atoms with Crippen LogP contribution in [0.1, 0.15) is 25.3 Å². The predicted octanol–water partition coefficient (Wildman–Crippen LogP) is 2.91. The molecule has 3 nitrogen and oxygen atoms in total. The lowest BCUT2D eigenvalue weighted by atomic mass is 9.95. The Labute approximate surface area is 88.8 Å². The summed E-state index contributed by atoms with van der Waals surface area (Å²) < 4.78 is 0. The summed E-state index contributed by atoms with van der Waals surface area (Å²) in [5.41, 5.74) is 3.21. The van der Waals surface area contributed by atoms with Crippen LogP contribution < -0.4 is 0 Å². The minimum absolute atomic E-state index is 0.307. The molecule has 1 heterocycles. The number of rotatable bonds is 2. The molecule has 2 rings (SSSR count). The lowest BCUT2D eigenvalue weighted by Gasteiger charge is -2.11. The third kappa shape index (κ3) is 1.86. The lowest BCUT2D eigenvalue weighted by Crippen LogP contribution is -1.92. The fourth-order valence-electron chi connectivity index (χ4n) is 1.68. The Balaban J connectivity index is 2.56. The highest BCUT2D eigenvalue weighted by Crippen LogP contribution is 2.30. The second-order valence-corrected chi connectivity index (χ2v) is 3.90. The molecule has 2 N–H and O–H groups in total. The summed E-state index contributed by atoms with van der Waals surface area (Å²) in [4.78, 5) is 0. The molecule has 0 bridgehead atoms. The van der Waals surface area contributed by atoms with Gasteiger partial charge in [-0.1, -0.05) is 13.8 Å². The van der Waals surface area contributed by atoms with E-state index in [4.69, 9.17) is 0 Å². The van der Waals surface area contributed by atoms with E-state index >= 15 is 0 Å². The van der Waals surface area contributed by atoms with Crippen molar-refractivity contribution in [3.63, 3.8) is 0 Å². The van der Waals surface area contributed by atoms with Gasteiger partial charge < -0.3 is 5.11 Å². The van der Waals surface area contributed by atoms with Crippen LogP contribution in [0, 0.1) is 0 Å². The Bertz CT molecular complexity index is 447. The maximum absolute atomic E-state index is 9.46. The zero-order valence-electron chi connectivity index (χ0n) is 8.86. The molecule has 0 aliphatic rings. The van der Waals surface area contributed by atoms with Crippen LogP contribution in [-0.2, 0) is 0 Å². The number of hydrogen-bond donors (Lipinski definition) is 2. The van der Waals surface area contributed by atoms with E-state index in [0.29, 0.717) is 11.7 Å². The highest BCUT2D eigenvalue weighted by atomic mass is 16.3. The van der Waals surface area contributed by atoms with E-state index in [1.54, 1.807) is 18.3 Å². The molecule has 0 radical (unpaired) electrons. The molecule has 0 saturated carbocycles. The number of nitrogens with zero attached hydrogens (tertiary/aromatic N) is 1. The number of phenols is 1. The number of H-pyrrole nitrogens is 1. The van der Waals surface area contributed by atoms with Crippen LogP contribution in [0.4, 0.5) is 0 Å². The monoisotopic (exact) mass is 202 g/mol. The summed E-state index contributed by atoms with van der Waals surface area (Å²) in [5.74, 6) is 0.678. The Morgan fingerprint density at radius 2 is 2.07 bits per heavy atom. The molecular formula is C12H14N2O. The van der Waals surface area contributed by atoms with Gasteiger partial charge in [-0.15, -0.1) is 0 Å². The predicted molar refractivity (Wildman–Crippen MR) is 59.8 cm³/mol. The zero-order valence-corrected chi connectivity index (χ0v) is 8.86. The van der Waals surface area contributed by atoms with Crippen molar-refractivity contribution >= 4 is 0 Å². The summed E-state index contributed by atoms with van der Waals surface area (Å²) >= 11 is 0. The maximum Gasteiger partial charge on any atom is 0.115 e. The van der Waals surface area contributed by atoms with E-state index in [1.807, 2.05) is 12.1 Å². The van der Waals surface area contributed by atoms with Gasteiger partial charge in [0.1, 0.15) is 5.75 Å². The highest BCUT2D eigenvalue weighted by Gasteiger charge is 2.10. The molecule has 0 saturated heterocycles. The van der Waals surface area contributed by atoms with Gasteiger partial charge in [0.2, 0.25) is 0 Å². The van der Waals surface area contributed by atoms with E-state index in [0.717, 1.165) is 16.8 Å². The quantitative estimate of drug-likeness (QED) is 0.786. The van der Waals surface area contributed by atoms with Gasteiger partial charge in [0.15, 0.2) is 0 Å². The molecule has 0 aliphatic heterocycles. The Morgan fingerprint density at radius 1 is 1.27 bits per heavy atom. The molecule has 78 valence electrons. The van der Waals surface area contributed by atoms with Crippen molar-refractivity contribution in [1.82, 2.24) is 10.2 Å². The van der Waals surface area contributed by atoms with Gasteiger partial charge in [0, 0.05) is 11.8 Å². The van der Waals surface area contributed by atoms with Gasteiger partial charge in [-0.05, 0) is 35.7 Å². The van der Waals surface area contributed by atoms with Crippen molar-refractivity contribution in [2.75, 3.05) is 0 Å². The van der Waals surface area contributed by atoms with Gasteiger partial charge in [0.25, 0.3) is 0 Å². The average Bonchev–Trinajstić information content (AvgIpc) is 2.70. The first-order chi connectivity index (χ1) is 7.18. The molecule has 0 fully saturated rings. The van der Waals surface area contributed by atoms with Crippen molar-refractivity contribution in [3.8, 4) is 17.0 Å². The van der Waals surface area contributed by atoms with Crippen molar-refractivity contribution in [3.05, 3.63) is 36.0 Å². The van der Waals surface area contributed by atoms with E-state index in [-0.39, 0.29) is 0 Å². The lowest BCUT2D eigenvalue weighted by molar-refractivity contribution is 0.474. The summed E-state index contributed by atoms with van der Waals surface area (Å²) in [6, 6.07) is 7.35. The topological polar surface area (TPSA) is 48.9 Å². The molecule has 1 aromatic heterocycles. The Morgan fingerprint density at radius 3 is 2.67 bits per heavy atom. The number of hydrogen-bond acceptors (Lipinski definition) is 2. The van der Waals surface area contributed by atoms with E-state index < -0.39 is 0 Å². The van der Waals surface area contributed by atoms with Crippen LogP contribution in [0.2, 0.25) is 0 Å². The molecule has 0 atom stereocenters. The fourth-order valence-corrected chi connectivity index (χ4v) is 1.68. The normalized spacial score (nSPS) is 10.9. The number of nitrogens with one attached hydrogen (secondary N) is 1. The van der Waals surface area contributed by atoms with Crippen LogP contribution >= 0.6 is 0 Å². The molecule has 2 aromatic rings. The summed E-state index contributed by atoms with van der Waals surface area (Å²) in [6.45, 7) is 4.21. The van der Waals surface area contributed by atoms with E-state index in [2.05, 4.69) is 24.0 Å². The molecule has 0 amide bonds. The fraction of sp³-hybridized carbons (Fsp3) is 0.250. The van der Waals surface area contributed by atoms with E-state index in [9.17, 15) is 5.11 Å². The standard InChI is InChI=1S/C12H14N2O/c1-8(2)11-7-9(15)3-4-10(11)12-5-6-13-14-12/h3-8,15H,1-2H3,(H,13,14). The minimum atomic E-state index is 0.307. The third-order valence-corrected chi connectivity index (χ3v) is 2.45. The second-order valence-electron chi connectivity index (χ2n) is 3.90. The zero-order chi connectivity index (χ0) is 10.8. The first-order valence-electron chi connectivity index (χ1n) is 5.01. The van der Waals surface area contributed by atoms with Crippen molar-refractivity contribution < 1.29 is 5.11 Å². The first-order valence-corrected chi connectivity index (χ1v) is 5.01. The number of aromatic nitrogens is 2. The molecule has 15 heavy (non-hydrogen) atoms. The summed E-state index contributed by atoms with van der Waals surface area (Å²) in [5, 5.41) is 16.3. The van der Waals surface area contributed by atoms with Gasteiger partial charge >= 0.3 is 0 Å². The summed E-state index contributed by atoms with van der Waals surface area (Å²) in [7, 11) is 0. The van der Waals surface area contributed by atoms with Crippen LogP contribution in [0.25, 0.3) is 11.3 Å². The maximum atomic E-state index is 9.46. The Kier molecular flexibility index (Phi) is 2.46. The van der Waals surface area contributed by atoms with Crippen LogP contribution in [-0.4, -0.2) is 15.3 Å². The van der Waals surface area contributed by atoms with Crippen LogP contribution in [0.5, 0.6) is 5.75 Å². The first kappa shape index (κ1) is 9.77. The smallest absolute Gasteiger partial charge is 0.115 e. The van der Waals surface area contributed by atoms with Crippen molar-refractivity contribution in [2.45, 2.75) is 19.8 Å². The molecular weight excluding hydrogens is 188 g/mol. The summed E-state index contributed by atoms with van der Waals surface area (Å²) in [6.07, 6.45) is 1.73. The van der Waals surface area contributed by atoms with Crippen LogP contribution in [0.15, 0.2) is 30.5 Å². The SMILES string of the molecule is CC(C)c1cc(O)ccc1-c1ccn[nH]1. The van der Waals surface area contributed by atoms with E-state index in [1.165, 1.54) is 0 Å². The third-order valence-electron chi connectivity index (χ3n) is 2.45. The largest absolute Gasteiger partial charge is 0.508 e. The van der Waals surface area contributed by atoms with Gasteiger partial charge in [-0.25, -0.2) is 0 Å². The number of aromatic amines is 1. The van der Waals surface area contributed by atoms with Gasteiger partial charge in [-0.3, -0.25) is 5.10 Å². The molecule has 1 aromatic carbocycles. The number of benzene rings is 1. The van der Waals surface area contributed by atoms with Gasteiger partial charge in [0.05, 0.1) is 5.69 Å². The molecule has 0 unspecified atom stereocenters. The van der Waals surface area contributed by atoms with Crippen molar-refractivity contribution in [2.24, 2.45) is 0 Å².